The Kier molecular flexibility index (Phi) is 7.08. The molecule has 1 saturated carbocycles. The fourth-order valence-corrected chi connectivity index (χ4v) is 3.68. The van der Waals surface area contributed by atoms with Gasteiger partial charge < -0.3 is 9.47 Å². The molecule has 0 heterocycles. The molecule has 4 heteroatoms. The van der Waals surface area contributed by atoms with E-state index in [4.69, 9.17) is 21.1 Å². The third-order valence-electron chi connectivity index (χ3n) is 5.08. The van der Waals surface area contributed by atoms with Gasteiger partial charge in [-0.05, 0) is 79.5 Å². The smallest absolute Gasteiger partial charge is 0.343 e. The normalized spacial score (nSPS) is 19.9. The molecule has 27 heavy (non-hydrogen) atoms. The lowest BCUT2D eigenvalue weighted by Crippen LogP contribution is -2.12. The Labute approximate surface area is 165 Å². The van der Waals surface area contributed by atoms with Gasteiger partial charge >= 0.3 is 5.97 Å². The van der Waals surface area contributed by atoms with Gasteiger partial charge in [0, 0.05) is 12.1 Å². The highest BCUT2D eigenvalue weighted by molar-refractivity contribution is 6.30. The van der Waals surface area contributed by atoms with Crippen LogP contribution in [0.4, 0.5) is 0 Å². The van der Waals surface area contributed by atoms with Crippen molar-refractivity contribution in [3.05, 3.63) is 76.8 Å². The second-order valence-electron chi connectivity index (χ2n) is 6.96. The van der Waals surface area contributed by atoms with Crippen molar-refractivity contribution in [3.8, 4) is 5.75 Å². The van der Waals surface area contributed by atoms with E-state index in [1.807, 2.05) is 12.1 Å². The summed E-state index contributed by atoms with van der Waals surface area (Å²) >= 11 is 5.85. The minimum Gasteiger partial charge on any atom is -0.423 e. The fourth-order valence-electron chi connectivity index (χ4n) is 3.55. The number of halogens is 1. The van der Waals surface area contributed by atoms with Gasteiger partial charge in [-0.1, -0.05) is 35.9 Å². The fraction of sp³-hybridized carbons (Fsp3) is 0.348. The first kappa shape index (κ1) is 19.7. The zero-order chi connectivity index (χ0) is 19.1. The van der Waals surface area contributed by atoms with Crippen LogP contribution in [0.5, 0.6) is 5.75 Å². The first-order valence-corrected chi connectivity index (χ1v) is 9.77. The van der Waals surface area contributed by atoms with E-state index in [9.17, 15) is 4.79 Å². The largest absolute Gasteiger partial charge is 0.423 e. The van der Waals surface area contributed by atoms with E-state index < -0.39 is 0 Å². The molecule has 0 amide bonds. The third-order valence-corrected chi connectivity index (χ3v) is 5.34. The van der Waals surface area contributed by atoms with Crippen LogP contribution in [0.25, 0.3) is 0 Å². The van der Waals surface area contributed by atoms with Gasteiger partial charge in [0.15, 0.2) is 0 Å². The lowest BCUT2D eigenvalue weighted by molar-refractivity contribution is 0.0734. The molecule has 0 bridgehead atoms. The summed E-state index contributed by atoms with van der Waals surface area (Å²) in [6.45, 7) is 0.688. The van der Waals surface area contributed by atoms with Crippen molar-refractivity contribution in [2.45, 2.75) is 31.6 Å². The van der Waals surface area contributed by atoms with E-state index >= 15 is 0 Å². The number of rotatable bonds is 6. The summed E-state index contributed by atoms with van der Waals surface area (Å²) in [7, 11) is 1.72. The predicted molar refractivity (Wildman–Crippen MR) is 109 cm³/mol. The maximum Gasteiger partial charge on any atom is 0.343 e. The minimum atomic E-state index is -0.351. The minimum absolute atomic E-state index is 0.351. The molecule has 3 nitrogen and oxygen atoms in total. The van der Waals surface area contributed by atoms with Crippen LogP contribution in [-0.2, 0) is 4.74 Å². The Morgan fingerprint density at radius 3 is 2.33 bits per heavy atom. The first-order chi connectivity index (χ1) is 13.2. The maximum absolute atomic E-state index is 12.3. The molecule has 2 aromatic rings. The van der Waals surface area contributed by atoms with Crippen molar-refractivity contribution < 1.29 is 14.3 Å². The summed E-state index contributed by atoms with van der Waals surface area (Å²) in [5.74, 6) is 1.37. The van der Waals surface area contributed by atoms with E-state index in [1.54, 1.807) is 31.4 Å². The molecule has 0 aromatic heterocycles. The summed E-state index contributed by atoms with van der Waals surface area (Å²) in [6, 6.07) is 14.6. The Bertz CT molecular complexity index is 757. The van der Waals surface area contributed by atoms with Crippen molar-refractivity contribution in [3.63, 3.8) is 0 Å². The number of allylic oxidation sites excluding steroid dienone is 1. The lowest BCUT2D eigenvalue weighted by atomic mass is 9.78. The van der Waals surface area contributed by atoms with Gasteiger partial charge in [0.05, 0.1) is 12.2 Å². The third kappa shape index (κ3) is 5.69. The van der Waals surface area contributed by atoms with Gasteiger partial charge in [-0.3, -0.25) is 0 Å². The van der Waals surface area contributed by atoms with Crippen LogP contribution >= 0.6 is 11.6 Å². The molecule has 0 unspecified atom stereocenters. The van der Waals surface area contributed by atoms with E-state index in [0.29, 0.717) is 34.8 Å². The second-order valence-corrected chi connectivity index (χ2v) is 7.40. The van der Waals surface area contributed by atoms with Crippen molar-refractivity contribution in [1.82, 2.24) is 0 Å². The number of ether oxygens (including phenoxy) is 2. The predicted octanol–water partition coefficient (Wildman–Crippen LogP) is 6.04. The van der Waals surface area contributed by atoms with Gasteiger partial charge in [-0.2, -0.15) is 0 Å². The Morgan fingerprint density at radius 2 is 1.70 bits per heavy atom. The van der Waals surface area contributed by atoms with Gasteiger partial charge in [-0.25, -0.2) is 4.79 Å². The average Bonchev–Trinajstić information content (AvgIpc) is 2.70. The summed E-state index contributed by atoms with van der Waals surface area (Å²) in [5.41, 5.74) is 1.86. The Morgan fingerprint density at radius 1 is 1.04 bits per heavy atom. The number of methoxy groups -OCH3 is 1. The SMILES string of the molecule is COC/C=C/C1CCC(c2ccc(C(=O)Oc3ccc(Cl)cc3)cc2)CC1. The molecule has 3 rings (SSSR count). The van der Waals surface area contributed by atoms with Gasteiger partial charge in [-0.15, -0.1) is 0 Å². The topological polar surface area (TPSA) is 35.5 Å². The van der Waals surface area contributed by atoms with Crippen molar-refractivity contribution in [2.75, 3.05) is 13.7 Å². The summed E-state index contributed by atoms with van der Waals surface area (Å²) in [5, 5.41) is 0.614. The molecule has 0 N–H and O–H groups in total. The molecule has 0 aliphatic heterocycles. The summed E-state index contributed by atoms with van der Waals surface area (Å²) < 4.78 is 10.5. The zero-order valence-electron chi connectivity index (χ0n) is 15.6. The number of hydrogen-bond donors (Lipinski definition) is 0. The Balaban J connectivity index is 1.54. The van der Waals surface area contributed by atoms with Crippen molar-refractivity contribution in [1.29, 1.82) is 0 Å². The lowest BCUT2D eigenvalue weighted by Gasteiger charge is -2.27. The Hall–Kier alpha value is -2.10. The molecule has 0 radical (unpaired) electrons. The molecule has 1 aliphatic carbocycles. The number of benzene rings is 2. The van der Waals surface area contributed by atoms with Crippen LogP contribution in [0.15, 0.2) is 60.7 Å². The number of esters is 1. The zero-order valence-corrected chi connectivity index (χ0v) is 16.3. The molecule has 1 aliphatic rings. The standard InChI is InChI=1S/C23H25ClO3/c1-26-16-2-3-17-4-6-18(7-5-17)19-8-10-20(11-9-19)23(25)27-22-14-12-21(24)13-15-22/h2-3,8-15,17-18H,4-7,16H2,1H3/b3-2+. The quantitative estimate of drug-likeness (QED) is 0.346. The highest BCUT2D eigenvalue weighted by Gasteiger charge is 2.21. The summed E-state index contributed by atoms with van der Waals surface area (Å²) in [6.07, 6.45) is 9.16. The maximum atomic E-state index is 12.3. The highest BCUT2D eigenvalue weighted by Crippen LogP contribution is 2.36. The highest BCUT2D eigenvalue weighted by atomic mass is 35.5. The van der Waals surface area contributed by atoms with Gasteiger partial charge in [0.1, 0.15) is 5.75 Å². The van der Waals surface area contributed by atoms with Crippen LogP contribution < -0.4 is 4.74 Å². The van der Waals surface area contributed by atoms with E-state index in [2.05, 4.69) is 24.3 Å². The van der Waals surface area contributed by atoms with E-state index in [0.717, 1.165) is 0 Å². The molecular weight excluding hydrogens is 360 g/mol. The second kappa shape index (κ2) is 9.72. The first-order valence-electron chi connectivity index (χ1n) is 9.39. The molecule has 142 valence electrons. The molecule has 0 atom stereocenters. The molecule has 1 fully saturated rings. The molecule has 2 aromatic carbocycles. The number of carbonyl (C=O) groups is 1. The van der Waals surface area contributed by atoms with E-state index in [1.165, 1.54) is 31.2 Å². The van der Waals surface area contributed by atoms with Crippen LogP contribution in [0, 0.1) is 5.92 Å². The molecular formula is C23H25ClO3. The number of carbonyl (C=O) groups excluding carboxylic acids is 1. The molecule has 0 saturated heterocycles. The monoisotopic (exact) mass is 384 g/mol. The van der Waals surface area contributed by atoms with Gasteiger partial charge in [0.25, 0.3) is 0 Å². The van der Waals surface area contributed by atoms with Crippen LogP contribution in [0.1, 0.15) is 47.5 Å². The van der Waals surface area contributed by atoms with Gasteiger partial charge in [0.2, 0.25) is 0 Å². The van der Waals surface area contributed by atoms with Crippen LogP contribution in [-0.4, -0.2) is 19.7 Å². The van der Waals surface area contributed by atoms with Crippen LogP contribution in [0.2, 0.25) is 5.02 Å². The van der Waals surface area contributed by atoms with Crippen LogP contribution in [0.3, 0.4) is 0 Å². The van der Waals surface area contributed by atoms with E-state index in [-0.39, 0.29) is 5.97 Å². The van der Waals surface area contributed by atoms with Crippen molar-refractivity contribution in [2.24, 2.45) is 5.92 Å². The molecule has 0 spiro atoms. The summed E-state index contributed by atoms with van der Waals surface area (Å²) in [4.78, 5) is 12.3. The number of hydrogen-bond acceptors (Lipinski definition) is 3. The average molecular weight is 385 g/mol. The van der Waals surface area contributed by atoms with Crippen molar-refractivity contribution >= 4 is 17.6 Å².